The molecule has 1 aromatic carbocycles. The summed E-state index contributed by atoms with van der Waals surface area (Å²) in [5, 5.41) is 0. The summed E-state index contributed by atoms with van der Waals surface area (Å²) in [6.07, 6.45) is 3.68. The average molecular weight is 204 g/mol. The fraction of sp³-hybridized carbons (Fsp3) is 0.462. The van der Waals surface area contributed by atoms with Gasteiger partial charge in [-0.05, 0) is 42.9 Å². The maximum Gasteiger partial charge on any atom is 0.338 e. The van der Waals surface area contributed by atoms with Gasteiger partial charge in [-0.25, -0.2) is 4.79 Å². The van der Waals surface area contributed by atoms with Crippen LogP contribution in [0.5, 0.6) is 0 Å². The van der Waals surface area contributed by atoms with E-state index in [9.17, 15) is 4.79 Å². The number of hydrogen-bond acceptors (Lipinski definition) is 2. The lowest BCUT2D eigenvalue weighted by molar-refractivity contribution is 0.0598. The van der Waals surface area contributed by atoms with Crippen LogP contribution < -0.4 is 0 Å². The molecule has 2 heteroatoms. The molecule has 1 aliphatic rings. The van der Waals surface area contributed by atoms with Crippen LogP contribution in [0, 0.1) is 6.92 Å². The molecule has 1 fully saturated rings. The zero-order valence-electron chi connectivity index (χ0n) is 9.25. The summed E-state index contributed by atoms with van der Waals surface area (Å²) >= 11 is 0. The molecule has 15 heavy (non-hydrogen) atoms. The molecule has 0 unspecified atom stereocenters. The fourth-order valence-corrected chi connectivity index (χ4v) is 2.21. The van der Waals surface area contributed by atoms with Crippen molar-refractivity contribution in [1.82, 2.24) is 0 Å². The molecule has 0 heterocycles. The number of aryl methyl sites for hydroxylation is 1. The van der Waals surface area contributed by atoms with Crippen molar-refractivity contribution in [2.75, 3.05) is 7.11 Å². The van der Waals surface area contributed by atoms with Crippen molar-refractivity contribution >= 4 is 5.97 Å². The SMILES string of the molecule is COC(=O)c1cccc(C)c1C1CCC1. The zero-order chi connectivity index (χ0) is 10.8. The van der Waals surface area contributed by atoms with E-state index in [0.29, 0.717) is 5.92 Å². The van der Waals surface area contributed by atoms with E-state index in [1.54, 1.807) is 0 Å². The molecule has 1 aromatic rings. The minimum atomic E-state index is -0.208. The highest BCUT2D eigenvalue weighted by atomic mass is 16.5. The summed E-state index contributed by atoms with van der Waals surface area (Å²) in [5.41, 5.74) is 3.17. The maximum absolute atomic E-state index is 11.6. The lowest BCUT2D eigenvalue weighted by Gasteiger charge is -2.28. The number of benzene rings is 1. The number of esters is 1. The summed E-state index contributed by atoms with van der Waals surface area (Å²) in [7, 11) is 1.44. The van der Waals surface area contributed by atoms with Crippen LogP contribution >= 0.6 is 0 Å². The molecule has 1 aliphatic carbocycles. The first-order valence-corrected chi connectivity index (χ1v) is 5.42. The Balaban J connectivity index is 2.43. The Morgan fingerprint density at radius 3 is 2.67 bits per heavy atom. The van der Waals surface area contributed by atoms with E-state index in [-0.39, 0.29) is 5.97 Å². The van der Waals surface area contributed by atoms with Crippen LogP contribution in [0.2, 0.25) is 0 Å². The van der Waals surface area contributed by atoms with E-state index >= 15 is 0 Å². The molecule has 0 amide bonds. The minimum absolute atomic E-state index is 0.208. The molecule has 0 bridgehead atoms. The molecule has 0 radical (unpaired) electrons. The number of ether oxygens (including phenoxy) is 1. The molecule has 0 saturated heterocycles. The first kappa shape index (κ1) is 10.2. The first-order valence-electron chi connectivity index (χ1n) is 5.42. The van der Waals surface area contributed by atoms with Crippen LogP contribution in [-0.4, -0.2) is 13.1 Å². The molecule has 1 saturated carbocycles. The molecular weight excluding hydrogens is 188 g/mol. The van der Waals surface area contributed by atoms with Gasteiger partial charge in [-0.1, -0.05) is 18.6 Å². The molecule has 0 atom stereocenters. The van der Waals surface area contributed by atoms with Crippen molar-refractivity contribution in [3.8, 4) is 0 Å². The largest absolute Gasteiger partial charge is 0.465 e. The van der Waals surface area contributed by atoms with Gasteiger partial charge in [0.2, 0.25) is 0 Å². The van der Waals surface area contributed by atoms with E-state index in [0.717, 1.165) is 5.56 Å². The van der Waals surface area contributed by atoms with Gasteiger partial charge in [-0.2, -0.15) is 0 Å². The molecule has 2 nitrogen and oxygen atoms in total. The van der Waals surface area contributed by atoms with E-state index < -0.39 is 0 Å². The van der Waals surface area contributed by atoms with Gasteiger partial charge < -0.3 is 4.74 Å². The zero-order valence-corrected chi connectivity index (χ0v) is 9.25. The topological polar surface area (TPSA) is 26.3 Å². The van der Waals surface area contributed by atoms with Crippen molar-refractivity contribution in [3.63, 3.8) is 0 Å². The maximum atomic E-state index is 11.6. The Hall–Kier alpha value is -1.31. The van der Waals surface area contributed by atoms with Gasteiger partial charge in [-0.15, -0.1) is 0 Å². The van der Waals surface area contributed by atoms with Gasteiger partial charge in [0.15, 0.2) is 0 Å². The van der Waals surface area contributed by atoms with Crippen molar-refractivity contribution < 1.29 is 9.53 Å². The fourth-order valence-electron chi connectivity index (χ4n) is 2.21. The molecule has 0 N–H and O–H groups in total. The van der Waals surface area contributed by atoms with E-state index in [1.807, 2.05) is 12.1 Å². The summed E-state index contributed by atoms with van der Waals surface area (Å²) < 4.78 is 4.81. The summed E-state index contributed by atoms with van der Waals surface area (Å²) in [6, 6.07) is 5.86. The standard InChI is InChI=1S/C13H16O2/c1-9-5-3-8-11(13(14)15-2)12(9)10-6-4-7-10/h3,5,8,10H,4,6-7H2,1-2H3. The van der Waals surface area contributed by atoms with Gasteiger partial charge in [0, 0.05) is 0 Å². The highest BCUT2D eigenvalue weighted by Crippen LogP contribution is 2.39. The molecule has 0 spiro atoms. The van der Waals surface area contributed by atoms with Gasteiger partial charge in [0.25, 0.3) is 0 Å². The van der Waals surface area contributed by atoms with Gasteiger partial charge in [0.05, 0.1) is 12.7 Å². The Labute approximate surface area is 90.3 Å². The summed E-state index contributed by atoms with van der Waals surface area (Å²) in [6.45, 7) is 2.07. The average Bonchev–Trinajstić information content (AvgIpc) is 2.17. The third-order valence-corrected chi connectivity index (χ3v) is 3.24. The normalized spacial score (nSPS) is 15.9. The number of hydrogen-bond donors (Lipinski definition) is 0. The Morgan fingerprint density at radius 2 is 2.13 bits per heavy atom. The molecule has 0 aliphatic heterocycles. The highest BCUT2D eigenvalue weighted by molar-refractivity contribution is 5.91. The number of carbonyl (C=O) groups is 1. The third-order valence-electron chi connectivity index (χ3n) is 3.24. The van der Waals surface area contributed by atoms with Gasteiger partial charge >= 0.3 is 5.97 Å². The van der Waals surface area contributed by atoms with Crippen LogP contribution in [-0.2, 0) is 4.74 Å². The van der Waals surface area contributed by atoms with Crippen LogP contribution in [0.3, 0.4) is 0 Å². The van der Waals surface area contributed by atoms with Crippen LogP contribution in [0.15, 0.2) is 18.2 Å². The molecular formula is C13H16O2. The number of carbonyl (C=O) groups excluding carboxylic acids is 1. The number of methoxy groups -OCH3 is 1. The van der Waals surface area contributed by atoms with Gasteiger partial charge in [-0.3, -0.25) is 0 Å². The Morgan fingerprint density at radius 1 is 1.40 bits per heavy atom. The molecule has 0 aromatic heterocycles. The predicted molar refractivity (Wildman–Crippen MR) is 59.1 cm³/mol. The van der Waals surface area contributed by atoms with Crippen molar-refractivity contribution in [2.45, 2.75) is 32.1 Å². The van der Waals surface area contributed by atoms with Crippen LogP contribution in [0.25, 0.3) is 0 Å². The second kappa shape index (κ2) is 4.05. The quantitative estimate of drug-likeness (QED) is 0.692. The van der Waals surface area contributed by atoms with Gasteiger partial charge in [0.1, 0.15) is 0 Å². The second-order valence-corrected chi connectivity index (χ2v) is 4.16. The van der Waals surface area contributed by atoms with Crippen molar-refractivity contribution in [1.29, 1.82) is 0 Å². The minimum Gasteiger partial charge on any atom is -0.465 e. The Bertz CT molecular complexity index is 378. The van der Waals surface area contributed by atoms with Crippen molar-refractivity contribution in [2.24, 2.45) is 0 Å². The first-order chi connectivity index (χ1) is 7.24. The van der Waals surface area contributed by atoms with Crippen molar-refractivity contribution in [3.05, 3.63) is 34.9 Å². The van der Waals surface area contributed by atoms with E-state index in [2.05, 4.69) is 13.0 Å². The van der Waals surface area contributed by atoms with Crippen LogP contribution in [0.1, 0.15) is 46.7 Å². The summed E-state index contributed by atoms with van der Waals surface area (Å²) in [5.74, 6) is 0.362. The smallest absolute Gasteiger partial charge is 0.338 e. The lowest BCUT2D eigenvalue weighted by Crippen LogP contribution is -2.16. The lowest BCUT2D eigenvalue weighted by atomic mass is 9.76. The monoisotopic (exact) mass is 204 g/mol. The third kappa shape index (κ3) is 1.76. The molecule has 2 rings (SSSR count). The molecule has 80 valence electrons. The van der Waals surface area contributed by atoms with E-state index in [4.69, 9.17) is 4.74 Å². The van der Waals surface area contributed by atoms with E-state index in [1.165, 1.54) is 37.5 Å². The number of rotatable bonds is 2. The predicted octanol–water partition coefficient (Wildman–Crippen LogP) is 3.05. The highest BCUT2D eigenvalue weighted by Gasteiger charge is 2.26. The van der Waals surface area contributed by atoms with Crippen LogP contribution in [0.4, 0.5) is 0 Å². The summed E-state index contributed by atoms with van der Waals surface area (Å²) in [4.78, 5) is 11.6. The second-order valence-electron chi connectivity index (χ2n) is 4.16. The Kier molecular flexibility index (Phi) is 2.76.